The van der Waals surface area contributed by atoms with Gasteiger partial charge in [0.25, 0.3) is 5.56 Å². The zero-order valence-electron chi connectivity index (χ0n) is 22.3. The van der Waals surface area contributed by atoms with E-state index < -0.39 is 22.5 Å². The molecule has 0 fully saturated rings. The molecule has 0 unspecified atom stereocenters. The standard InChI is InChI=1S/C27H26BrN3O8S/c1-6-38-21-13-17(28)16(12-20(21)37-5)24-23(26(33)39-7-2)14(3)29-27-30(24)25(32)22(40-27)11-15-8-9-19(36-4)18(10-15)31(34)35/h8-13,24H,6-7H2,1-5H3/b22-11+/t24-/m1/s1. The number of methoxy groups -OCH3 is 2. The highest BCUT2D eigenvalue weighted by Crippen LogP contribution is 2.41. The van der Waals surface area contributed by atoms with Crippen LogP contribution in [0.5, 0.6) is 17.2 Å². The summed E-state index contributed by atoms with van der Waals surface area (Å²) in [7, 11) is 2.85. The van der Waals surface area contributed by atoms with Gasteiger partial charge in [0.15, 0.2) is 22.0 Å². The second kappa shape index (κ2) is 12.0. The maximum absolute atomic E-state index is 13.9. The van der Waals surface area contributed by atoms with Gasteiger partial charge in [0.1, 0.15) is 0 Å². The number of ether oxygens (including phenoxy) is 4. The SMILES string of the molecule is CCOC(=O)C1=C(C)N=c2s/c(=C/c3ccc(OC)c([N+](=O)[O-])c3)c(=O)n2[C@@H]1c1cc(OC)c(OCC)cc1Br. The molecule has 0 amide bonds. The predicted molar refractivity (Wildman–Crippen MR) is 152 cm³/mol. The average Bonchev–Trinajstić information content (AvgIpc) is 3.22. The van der Waals surface area contributed by atoms with Crippen molar-refractivity contribution in [3.63, 3.8) is 0 Å². The predicted octanol–water partition coefficient (Wildman–Crippen LogP) is 3.88. The number of rotatable bonds is 9. The number of nitro groups is 1. The third kappa shape index (κ3) is 5.39. The number of thiazole rings is 1. The molecule has 2 heterocycles. The van der Waals surface area contributed by atoms with Gasteiger partial charge in [0.2, 0.25) is 0 Å². The van der Waals surface area contributed by atoms with Crippen molar-refractivity contribution in [3.05, 3.63) is 87.0 Å². The zero-order chi connectivity index (χ0) is 29.1. The van der Waals surface area contributed by atoms with E-state index in [0.29, 0.717) is 44.2 Å². The lowest BCUT2D eigenvalue weighted by Crippen LogP contribution is -2.40. The Hall–Kier alpha value is -3.97. The van der Waals surface area contributed by atoms with Crippen LogP contribution in [0, 0.1) is 10.1 Å². The van der Waals surface area contributed by atoms with Crippen LogP contribution in [0.2, 0.25) is 0 Å². The van der Waals surface area contributed by atoms with Gasteiger partial charge in [-0.3, -0.25) is 19.5 Å². The fraction of sp³-hybridized carbons (Fsp3) is 0.296. The maximum atomic E-state index is 13.9. The summed E-state index contributed by atoms with van der Waals surface area (Å²) in [4.78, 5) is 43.0. The van der Waals surface area contributed by atoms with Crippen LogP contribution < -0.4 is 29.1 Å². The number of carbonyl (C=O) groups excluding carboxylic acids is 1. The molecule has 40 heavy (non-hydrogen) atoms. The van der Waals surface area contributed by atoms with Crippen molar-refractivity contribution in [1.82, 2.24) is 4.57 Å². The summed E-state index contributed by atoms with van der Waals surface area (Å²) < 4.78 is 23.9. The Kier molecular flexibility index (Phi) is 8.74. The molecular formula is C27H26BrN3O8S. The van der Waals surface area contributed by atoms with Crippen molar-refractivity contribution < 1.29 is 28.7 Å². The molecule has 0 saturated heterocycles. The highest BCUT2D eigenvalue weighted by molar-refractivity contribution is 9.10. The number of esters is 1. The largest absolute Gasteiger partial charge is 0.493 e. The molecule has 1 aromatic heterocycles. The Morgan fingerprint density at radius 3 is 2.50 bits per heavy atom. The first-order chi connectivity index (χ1) is 19.1. The number of halogens is 1. The fourth-order valence-corrected chi connectivity index (χ4v) is 5.95. The highest BCUT2D eigenvalue weighted by atomic mass is 79.9. The van der Waals surface area contributed by atoms with E-state index in [0.717, 1.165) is 11.3 Å². The van der Waals surface area contributed by atoms with Crippen LogP contribution in [0.1, 0.15) is 37.9 Å². The van der Waals surface area contributed by atoms with Crippen LogP contribution >= 0.6 is 27.3 Å². The van der Waals surface area contributed by atoms with E-state index in [2.05, 4.69) is 20.9 Å². The third-order valence-electron chi connectivity index (χ3n) is 6.09. The van der Waals surface area contributed by atoms with Crippen LogP contribution in [-0.2, 0) is 9.53 Å². The van der Waals surface area contributed by atoms with Crippen molar-refractivity contribution in [2.45, 2.75) is 26.8 Å². The molecule has 0 N–H and O–H groups in total. The van der Waals surface area contributed by atoms with Gasteiger partial charge in [-0.1, -0.05) is 33.3 Å². The summed E-state index contributed by atoms with van der Waals surface area (Å²) in [6.07, 6.45) is 1.55. The number of nitrogens with zero attached hydrogens (tertiary/aromatic N) is 3. The molecule has 210 valence electrons. The summed E-state index contributed by atoms with van der Waals surface area (Å²) in [5.74, 6) is 0.416. The molecular weight excluding hydrogens is 606 g/mol. The molecule has 4 rings (SSSR count). The zero-order valence-corrected chi connectivity index (χ0v) is 24.8. The molecule has 0 saturated carbocycles. The van der Waals surface area contributed by atoms with Crippen molar-refractivity contribution in [1.29, 1.82) is 0 Å². The topological polar surface area (TPSA) is 131 Å². The molecule has 11 nitrogen and oxygen atoms in total. The van der Waals surface area contributed by atoms with E-state index in [1.54, 1.807) is 38.1 Å². The van der Waals surface area contributed by atoms with E-state index in [-0.39, 0.29) is 28.1 Å². The van der Waals surface area contributed by atoms with Crippen LogP contribution in [0.3, 0.4) is 0 Å². The van der Waals surface area contributed by atoms with Crippen LogP contribution in [0.25, 0.3) is 6.08 Å². The third-order valence-corrected chi connectivity index (χ3v) is 7.76. The number of allylic oxidation sites excluding steroid dienone is 1. The van der Waals surface area contributed by atoms with Gasteiger partial charge in [-0.15, -0.1) is 0 Å². The van der Waals surface area contributed by atoms with Crippen LogP contribution in [0.4, 0.5) is 5.69 Å². The van der Waals surface area contributed by atoms with E-state index in [4.69, 9.17) is 18.9 Å². The lowest BCUT2D eigenvalue weighted by molar-refractivity contribution is -0.385. The number of hydrogen-bond donors (Lipinski definition) is 0. The minimum absolute atomic E-state index is 0.104. The summed E-state index contributed by atoms with van der Waals surface area (Å²) in [6, 6.07) is 6.95. The van der Waals surface area contributed by atoms with Gasteiger partial charge in [-0.05, 0) is 56.2 Å². The second-order valence-electron chi connectivity index (χ2n) is 8.45. The molecule has 13 heteroatoms. The van der Waals surface area contributed by atoms with Crippen LogP contribution in [0.15, 0.2) is 55.9 Å². The molecule has 1 atom stereocenters. The van der Waals surface area contributed by atoms with E-state index in [9.17, 15) is 19.7 Å². The number of fused-ring (bicyclic) bond motifs is 1. The number of nitro benzene ring substituents is 1. The smallest absolute Gasteiger partial charge is 0.338 e. The first kappa shape index (κ1) is 29.0. The first-order valence-corrected chi connectivity index (χ1v) is 13.8. The first-order valence-electron chi connectivity index (χ1n) is 12.2. The highest BCUT2D eigenvalue weighted by Gasteiger charge is 2.35. The Balaban J connectivity index is 1.98. The molecule has 2 aromatic carbocycles. The van der Waals surface area contributed by atoms with Crippen molar-refractivity contribution >= 4 is 45.0 Å². The van der Waals surface area contributed by atoms with Gasteiger partial charge in [0.05, 0.1) is 54.2 Å². The summed E-state index contributed by atoms with van der Waals surface area (Å²) in [5, 5.41) is 11.5. The van der Waals surface area contributed by atoms with Gasteiger partial charge in [-0.2, -0.15) is 0 Å². The number of carbonyl (C=O) groups is 1. The minimum atomic E-state index is -0.901. The number of aromatic nitrogens is 1. The molecule has 0 spiro atoms. The number of benzene rings is 2. The summed E-state index contributed by atoms with van der Waals surface area (Å²) >= 11 is 4.69. The van der Waals surface area contributed by atoms with Gasteiger partial charge >= 0.3 is 11.7 Å². The van der Waals surface area contributed by atoms with Gasteiger partial charge in [0, 0.05) is 10.5 Å². The molecule has 0 aliphatic carbocycles. The summed E-state index contributed by atoms with van der Waals surface area (Å²) in [5.41, 5.74) is 0.933. The van der Waals surface area contributed by atoms with E-state index in [1.165, 1.54) is 30.9 Å². The summed E-state index contributed by atoms with van der Waals surface area (Å²) in [6.45, 7) is 5.78. The second-order valence-corrected chi connectivity index (χ2v) is 10.3. The van der Waals surface area contributed by atoms with Crippen LogP contribution in [-0.4, -0.2) is 42.9 Å². The lowest BCUT2D eigenvalue weighted by Gasteiger charge is -2.26. The van der Waals surface area contributed by atoms with Gasteiger partial charge in [-0.25, -0.2) is 9.79 Å². The normalized spacial score (nSPS) is 14.8. The molecule has 0 bridgehead atoms. The molecule has 1 aliphatic rings. The van der Waals surface area contributed by atoms with Crippen molar-refractivity contribution in [2.75, 3.05) is 27.4 Å². The monoisotopic (exact) mass is 631 g/mol. The lowest BCUT2D eigenvalue weighted by atomic mass is 9.95. The average molecular weight is 632 g/mol. The Morgan fingerprint density at radius 2 is 1.88 bits per heavy atom. The quantitative estimate of drug-likeness (QED) is 0.197. The molecule has 1 aliphatic heterocycles. The van der Waals surface area contributed by atoms with E-state index >= 15 is 0 Å². The van der Waals surface area contributed by atoms with E-state index in [1.807, 2.05) is 6.92 Å². The minimum Gasteiger partial charge on any atom is -0.493 e. The number of hydrogen-bond acceptors (Lipinski definition) is 10. The van der Waals surface area contributed by atoms with Crippen molar-refractivity contribution in [3.8, 4) is 17.2 Å². The Labute approximate surface area is 241 Å². The Bertz CT molecular complexity index is 1710. The Morgan fingerprint density at radius 1 is 1.15 bits per heavy atom. The van der Waals surface area contributed by atoms with Crippen molar-refractivity contribution in [2.24, 2.45) is 4.99 Å². The molecule has 0 radical (unpaired) electrons. The fourth-order valence-electron chi connectivity index (χ4n) is 4.36. The van der Waals surface area contributed by atoms with Gasteiger partial charge < -0.3 is 18.9 Å². The maximum Gasteiger partial charge on any atom is 0.338 e. The molecule has 3 aromatic rings.